The highest BCUT2D eigenvalue weighted by Gasteiger charge is 2.51. The van der Waals surface area contributed by atoms with E-state index in [9.17, 15) is 14.4 Å². The third-order valence-corrected chi connectivity index (χ3v) is 7.50. The van der Waals surface area contributed by atoms with Gasteiger partial charge in [-0.05, 0) is 51.9 Å². The molecule has 2 aliphatic rings. The number of rotatable bonds is 4. The van der Waals surface area contributed by atoms with Crippen LogP contribution in [-0.4, -0.2) is 39.1 Å². The highest BCUT2D eigenvalue weighted by molar-refractivity contribution is 6.13. The summed E-state index contributed by atoms with van der Waals surface area (Å²) in [5.74, 6) is -2.39. The molecule has 0 saturated heterocycles. The zero-order valence-corrected chi connectivity index (χ0v) is 21.5. The molecule has 1 N–H and O–H groups in total. The Labute approximate surface area is 215 Å². The van der Waals surface area contributed by atoms with E-state index in [0.29, 0.717) is 23.3 Å². The van der Waals surface area contributed by atoms with E-state index in [0.717, 1.165) is 33.3 Å². The maximum absolute atomic E-state index is 14.2. The van der Waals surface area contributed by atoms with E-state index in [2.05, 4.69) is 11.4 Å². The molecule has 0 bridgehead atoms. The number of methoxy groups -OCH3 is 3. The van der Waals surface area contributed by atoms with Gasteiger partial charge in [0.1, 0.15) is 17.2 Å². The van der Waals surface area contributed by atoms with E-state index in [4.69, 9.17) is 14.2 Å². The quantitative estimate of drug-likeness (QED) is 0.388. The molecule has 7 heteroatoms. The summed E-state index contributed by atoms with van der Waals surface area (Å²) >= 11 is 0. The maximum atomic E-state index is 14.2. The summed E-state index contributed by atoms with van der Waals surface area (Å²) in [4.78, 5) is 39.4. The molecule has 1 heterocycles. The van der Waals surface area contributed by atoms with Crippen molar-refractivity contribution in [3.63, 3.8) is 0 Å². The van der Waals surface area contributed by atoms with Crippen molar-refractivity contribution in [2.24, 2.45) is 11.3 Å². The summed E-state index contributed by atoms with van der Waals surface area (Å²) in [7, 11) is 4.12. The number of ether oxygens (including phenoxy) is 3. The Morgan fingerprint density at radius 3 is 2.43 bits per heavy atom. The van der Waals surface area contributed by atoms with Gasteiger partial charge < -0.3 is 19.5 Å². The average Bonchev–Trinajstić information content (AvgIpc) is 2.90. The average molecular weight is 500 g/mol. The van der Waals surface area contributed by atoms with Crippen molar-refractivity contribution in [2.75, 3.05) is 26.6 Å². The topological polar surface area (TPSA) is 90.9 Å². The van der Waals surface area contributed by atoms with Crippen molar-refractivity contribution in [3.8, 4) is 5.75 Å². The summed E-state index contributed by atoms with van der Waals surface area (Å²) < 4.78 is 15.5. The number of fused-ring (bicyclic) bond motifs is 3. The van der Waals surface area contributed by atoms with Crippen LogP contribution in [0.4, 0.5) is 5.69 Å². The van der Waals surface area contributed by atoms with Crippen molar-refractivity contribution >= 4 is 34.2 Å². The normalized spacial score (nSPS) is 20.0. The van der Waals surface area contributed by atoms with Gasteiger partial charge in [-0.15, -0.1) is 0 Å². The second-order valence-electron chi connectivity index (χ2n) is 10.1. The number of benzene rings is 3. The molecule has 0 spiro atoms. The van der Waals surface area contributed by atoms with Crippen LogP contribution in [0, 0.1) is 11.3 Å². The molecule has 1 aliphatic carbocycles. The van der Waals surface area contributed by atoms with Gasteiger partial charge in [0.25, 0.3) is 0 Å². The number of Topliss-reactive ketones (excluding diaryl/α,β-unsaturated/α-hetero) is 1. The summed E-state index contributed by atoms with van der Waals surface area (Å²) in [5, 5.41) is 5.55. The van der Waals surface area contributed by atoms with Crippen LogP contribution in [0.2, 0.25) is 0 Å². The highest BCUT2D eigenvalue weighted by Crippen LogP contribution is 2.53. The lowest BCUT2D eigenvalue weighted by Crippen LogP contribution is -2.45. The number of allylic oxidation sites excluding steroid dienone is 2. The third-order valence-electron chi connectivity index (χ3n) is 7.50. The molecule has 5 rings (SSSR count). The van der Waals surface area contributed by atoms with Gasteiger partial charge >= 0.3 is 11.9 Å². The zero-order chi connectivity index (χ0) is 26.5. The van der Waals surface area contributed by atoms with E-state index < -0.39 is 29.2 Å². The second-order valence-corrected chi connectivity index (χ2v) is 10.1. The first kappa shape index (κ1) is 24.6. The van der Waals surface area contributed by atoms with Crippen LogP contribution in [-0.2, 0) is 19.1 Å². The Morgan fingerprint density at radius 1 is 0.973 bits per heavy atom. The van der Waals surface area contributed by atoms with Gasteiger partial charge in [0, 0.05) is 22.9 Å². The Balaban J connectivity index is 1.80. The minimum atomic E-state index is -0.937. The van der Waals surface area contributed by atoms with Crippen LogP contribution in [0.25, 0.3) is 10.8 Å². The third kappa shape index (κ3) is 3.86. The summed E-state index contributed by atoms with van der Waals surface area (Å²) in [6.45, 7) is 3.83. The van der Waals surface area contributed by atoms with Crippen molar-refractivity contribution in [2.45, 2.75) is 26.2 Å². The van der Waals surface area contributed by atoms with Crippen LogP contribution in [0.1, 0.15) is 47.7 Å². The van der Waals surface area contributed by atoms with Gasteiger partial charge in [-0.25, -0.2) is 4.79 Å². The molecule has 37 heavy (non-hydrogen) atoms. The van der Waals surface area contributed by atoms with Crippen LogP contribution < -0.4 is 10.1 Å². The molecule has 0 fully saturated rings. The first-order chi connectivity index (χ1) is 17.7. The number of anilines is 1. The number of esters is 2. The zero-order valence-electron chi connectivity index (χ0n) is 21.5. The van der Waals surface area contributed by atoms with Crippen molar-refractivity contribution in [1.82, 2.24) is 0 Å². The Hall–Kier alpha value is -4.13. The van der Waals surface area contributed by atoms with Crippen LogP contribution in [0.3, 0.4) is 0 Å². The predicted molar refractivity (Wildman–Crippen MR) is 140 cm³/mol. The lowest BCUT2D eigenvalue weighted by Gasteiger charge is -2.43. The SMILES string of the molecule is COC(=O)c1ccc([C@H]2C3=C(CC(C)(C)[C@@H](C(=O)OC)C3=O)Nc3ccc4ccccc4c32)cc1OC. The molecule has 190 valence electrons. The number of carbonyl (C=O) groups is 3. The van der Waals surface area contributed by atoms with Gasteiger partial charge in [-0.1, -0.05) is 50.2 Å². The first-order valence-electron chi connectivity index (χ1n) is 12.1. The fourth-order valence-corrected chi connectivity index (χ4v) is 5.81. The van der Waals surface area contributed by atoms with Crippen LogP contribution in [0.5, 0.6) is 5.75 Å². The van der Waals surface area contributed by atoms with Gasteiger partial charge in [0.15, 0.2) is 5.78 Å². The van der Waals surface area contributed by atoms with Gasteiger partial charge in [0.2, 0.25) is 0 Å². The molecular formula is C30H29NO6. The van der Waals surface area contributed by atoms with Crippen LogP contribution in [0.15, 0.2) is 65.9 Å². The predicted octanol–water partition coefficient (Wildman–Crippen LogP) is 5.23. The summed E-state index contributed by atoms with van der Waals surface area (Å²) in [6, 6.07) is 17.3. The maximum Gasteiger partial charge on any atom is 0.341 e. The smallest absolute Gasteiger partial charge is 0.341 e. The van der Waals surface area contributed by atoms with E-state index in [1.54, 1.807) is 12.1 Å². The highest BCUT2D eigenvalue weighted by atomic mass is 16.5. The number of nitrogens with one attached hydrogen (secondary N) is 1. The molecular weight excluding hydrogens is 470 g/mol. The Bertz CT molecular complexity index is 1480. The van der Waals surface area contributed by atoms with E-state index in [1.165, 1.54) is 21.3 Å². The fourth-order valence-electron chi connectivity index (χ4n) is 5.81. The van der Waals surface area contributed by atoms with Gasteiger partial charge in [0.05, 0.1) is 21.3 Å². The monoisotopic (exact) mass is 499 g/mol. The van der Waals surface area contributed by atoms with E-state index in [1.807, 2.05) is 50.2 Å². The molecule has 3 aromatic rings. The Morgan fingerprint density at radius 2 is 1.73 bits per heavy atom. The minimum absolute atomic E-state index is 0.259. The van der Waals surface area contributed by atoms with Crippen molar-refractivity contribution in [1.29, 1.82) is 0 Å². The first-order valence-corrected chi connectivity index (χ1v) is 12.1. The minimum Gasteiger partial charge on any atom is -0.496 e. The molecule has 1 aliphatic heterocycles. The van der Waals surface area contributed by atoms with Gasteiger partial charge in [-0.3, -0.25) is 9.59 Å². The standard InChI is InChI=1S/C30H29NO6/c1-30(2)15-21-25(27(32)26(30)29(34)37-5)23(17-10-12-19(28(33)36-4)22(14-17)35-3)24-18-9-7-6-8-16(18)11-13-20(24)31-21/h6-14,23,26,31H,15H2,1-5H3/t23-,26-/m1/s1. The number of carbonyl (C=O) groups excluding carboxylic acids is 3. The molecule has 0 unspecified atom stereocenters. The number of hydrogen-bond donors (Lipinski definition) is 1. The molecule has 0 amide bonds. The van der Waals surface area contributed by atoms with Crippen molar-refractivity contribution in [3.05, 3.63) is 82.6 Å². The molecule has 0 saturated carbocycles. The summed E-state index contributed by atoms with van der Waals surface area (Å²) in [6.07, 6.45) is 0.494. The largest absolute Gasteiger partial charge is 0.496 e. The molecule has 0 radical (unpaired) electrons. The Kier molecular flexibility index (Phi) is 6.02. The number of ketones is 1. The van der Waals surface area contributed by atoms with Gasteiger partial charge in [-0.2, -0.15) is 0 Å². The van der Waals surface area contributed by atoms with Crippen LogP contribution >= 0.6 is 0 Å². The lowest BCUT2D eigenvalue weighted by molar-refractivity contribution is -0.154. The second kappa shape index (κ2) is 9.07. The summed E-state index contributed by atoms with van der Waals surface area (Å²) in [5.41, 5.74) is 3.58. The van der Waals surface area contributed by atoms with Crippen molar-refractivity contribution < 1.29 is 28.6 Å². The fraction of sp³-hybridized carbons (Fsp3) is 0.300. The van der Waals surface area contributed by atoms with E-state index >= 15 is 0 Å². The molecule has 0 aromatic heterocycles. The molecule has 2 atom stereocenters. The number of hydrogen-bond acceptors (Lipinski definition) is 7. The van der Waals surface area contributed by atoms with E-state index in [-0.39, 0.29) is 5.78 Å². The lowest BCUT2D eigenvalue weighted by atomic mass is 9.62. The molecule has 3 aromatic carbocycles. The molecule has 7 nitrogen and oxygen atoms in total.